The van der Waals surface area contributed by atoms with Crippen molar-refractivity contribution in [1.82, 2.24) is 4.90 Å². The van der Waals surface area contributed by atoms with Gasteiger partial charge in [-0.25, -0.2) is 0 Å². The average molecular weight is 472 g/mol. The third-order valence-electron chi connectivity index (χ3n) is 6.75. The van der Waals surface area contributed by atoms with Crippen molar-refractivity contribution in [3.05, 3.63) is 71.3 Å². The molecule has 2 aromatic carbocycles. The molecule has 1 saturated carbocycles. The van der Waals surface area contributed by atoms with Gasteiger partial charge in [0.1, 0.15) is 0 Å². The summed E-state index contributed by atoms with van der Waals surface area (Å²) in [7, 11) is 0. The minimum Gasteiger partial charge on any atom is -0.301 e. The molecule has 1 aliphatic carbocycles. The normalized spacial score (nSPS) is 21.5. The Hall–Kier alpha value is -2.02. The van der Waals surface area contributed by atoms with Gasteiger partial charge in [0.05, 0.1) is 11.8 Å². The molecule has 0 spiro atoms. The standard InChI is InChI=1S/C26H31F6N/c1-18(2)33(16-14-19-7-4-3-5-8-19)15-6-9-20-10-12-21(13-11-20)22-17-23(25(27,28)29)24(22)26(30,31)32/h3-5,7-8,10-13,18,22-24H,6,9,14-17H2,1-2H3. The molecule has 3 rings (SSSR count). The fourth-order valence-electron chi connectivity index (χ4n) is 4.75. The molecule has 0 amide bonds. The average Bonchev–Trinajstić information content (AvgIpc) is 2.69. The summed E-state index contributed by atoms with van der Waals surface area (Å²) in [4.78, 5) is 2.40. The SMILES string of the molecule is CC(C)N(CCCc1ccc(C2CC(C(F)(F)F)C2C(F)(F)F)cc1)CCc1ccccc1. The van der Waals surface area contributed by atoms with Crippen molar-refractivity contribution in [1.29, 1.82) is 0 Å². The number of alkyl halides is 6. The Labute approximate surface area is 191 Å². The van der Waals surface area contributed by atoms with Gasteiger partial charge in [0.15, 0.2) is 0 Å². The molecule has 2 aromatic rings. The zero-order valence-electron chi connectivity index (χ0n) is 19.0. The van der Waals surface area contributed by atoms with Gasteiger partial charge < -0.3 is 4.90 Å². The lowest BCUT2D eigenvalue weighted by molar-refractivity contribution is -0.292. The molecule has 0 aliphatic heterocycles. The summed E-state index contributed by atoms with van der Waals surface area (Å²) >= 11 is 0. The minimum absolute atomic E-state index is 0.341. The predicted octanol–water partition coefficient (Wildman–Crippen LogP) is 7.42. The van der Waals surface area contributed by atoms with E-state index in [0.29, 0.717) is 11.6 Å². The molecule has 3 atom stereocenters. The Bertz CT molecular complexity index is 857. The van der Waals surface area contributed by atoms with Crippen molar-refractivity contribution in [3.63, 3.8) is 0 Å². The Kier molecular flexibility index (Phi) is 8.14. The number of aryl methyl sites for hydroxylation is 1. The lowest BCUT2D eigenvalue weighted by Crippen LogP contribution is -2.51. The van der Waals surface area contributed by atoms with E-state index >= 15 is 0 Å². The first kappa shape index (κ1) is 25.6. The molecule has 0 N–H and O–H groups in total. The highest BCUT2D eigenvalue weighted by molar-refractivity contribution is 5.29. The number of rotatable bonds is 9. The molecule has 33 heavy (non-hydrogen) atoms. The second-order valence-corrected chi connectivity index (χ2v) is 9.27. The van der Waals surface area contributed by atoms with Gasteiger partial charge in [0, 0.05) is 12.6 Å². The van der Waals surface area contributed by atoms with Crippen LogP contribution in [-0.4, -0.2) is 36.4 Å². The highest BCUT2D eigenvalue weighted by Crippen LogP contribution is 2.59. The summed E-state index contributed by atoms with van der Waals surface area (Å²) in [5, 5.41) is 0. The molecule has 0 heterocycles. The molecular formula is C26H31F6N. The van der Waals surface area contributed by atoms with Crippen LogP contribution in [0.1, 0.15) is 49.3 Å². The van der Waals surface area contributed by atoms with E-state index in [0.717, 1.165) is 37.9 Å². The van der Waals surface area contributed by atoms with Gasteiger partial charge in [-0.3, -0.25) is 0 Å². The van der Waals surface area contributed by atoms with Crippen molar-refractivity contribution in [3.8, 4) is 0 Å². The van der Waals surface area contributed by atoms with Crippen LogP contribution in [0.2, 0.25) is 0 Å². The molecule has 3 unspecified atom stereocenters. The van der Waals surface area contributed by atoms with Gasteiger partial charge in [-0.2, -0.15) is 26.3 Å². The molecule has 182 valence electrons. The van der Waals surface area contributed by atoms with Gasteiger partial charge in [-0.05, 0) is 68.7 Å². The van der Waals surface area contributed by atoms with E-state index < -0.39 is 36.5 Å². The highest BCUT2D eigenvalue weighted by atomic mass is 19.4. The van der Waals surface area contributed by atoms with E-state index in [2.05, 4.69) is 30.9 Å². The van der Waals surface area contributed by atoms with Crippen molar-refractivity contribution < 1.29 is 26.3 Å². The Morgan fingerprint density at radius 1 is 0.788 bits per heavy atom. The Balaban J connectivity index is 1.53. The van der Waals surface area contributed by atoms with Crippen molar-refractivity contribution in [2.75, 3.05) is 13.1 Å². The zero-order valence-corrected chi connectivity index (χ0v) is 19.0. The second-order valence-electron chi connectivity index (χ2n) is 9.27. The van der Waals surface area contributed by atoms with Gasteiger partial charge >= 0.3 is 12.4 Å². The third-order valence-corrected chi connectivity index (χ3v) is 6.75. The van der Waals surface area contributed by atoms with Crippen molar-refractivity contribution in [2.24, 2.45) is 11.8 Å². The number of hydrogen-bond acceptors (Lipinski definition) is 1. The summed E-state index contributed by atoms with van der Waals surface area (Å²) in [5.74, 6) is -5.78. The van der Waals surface area contributed by atoms with E-state index in [9.17, 15) is 26.3 Å². The smallest absolute Gasteiger partial charge is 0.301 e. The molecule has 1 nitrogen and oxygen atoms in total. The topological polar surface area (TPSA) is 3.24 Å². The van der Waals surface area contributed by atoms with Crippen LogP contribution in [0, 0.1) is 11.8 Å². The molecule has 0 radical (unpaired) electrons. The molecule has 1 fully saturated rings. The fraction of sp³-hybridized carbons (Fsp3) is 0.538. The molecule has 7 heteroatoms. The number of nitrogens with zero attached hydrogens (tertiary/aromatic N) is 1. The molecule has 0 saturated heterocycles. The number of halogens is 6. The lowest BCUT2D eigenvalue weighted by atomic mass is 9.61. The predicted molar refractivity (Wildman–Crippen MR) is 118 cm³/mol. The van der Waals surface area contributed by atoms with Gasteiger partial charge in [-0.15, -0.1) is 0 Å². The van der Waals surface area contributed by atoms with E-state index in [1.807, 2.05) is 18.2 Å². The van der Waals surface area contributed by atoms with Crippen molar-refractivity contribution >= 4 is 0 Å². The van der Waals surface area contributed by atoms with Crippen LogP contribution in [0.5, 0.6) is 0 Å². The Morgan fingerprint density at radius 2 is 1.39 bits per heavy atom. The van der Waals surface area contributed by atoms with Crippen LogP contribution in [0.25, 0.3) is 0 Å². The van der Waals surface area contributed by atoms with Crippen LogP contribution < -0.4 is 0 Å². The first-order valence-corrected chi connectivity index (χ1v) is 11.5. The highest BCUT2D eigenvalue weighted by Gasteiger charge is 2.64. The third kappa shape index (κ3) is 6.75. The van der Waals surface area contributed by atoms with Crippen LogP contribution >= 0.6 is 0 Å². The molecular weight excluding hydrogens is 440 g/mol. The van der Waals surface area contributed by atoms with Gasteiger partial charge in [0.2, 0.25) is 0 Å². The van der Waals surface area contributed by atoms with E-state index in [4.69, 9.17) is 0 Å². The largest absolute Gasteiger partial charge is 0.393 e. The van der Waals surface area contributed by atoms with Crippen LogP contribution in [0.3, 0.4) is 0 Å². The maximum atomic E-state index is 13.3. The molecule has 1 aliphatic rings. The second kappa shape index (κ2) is 10.5. The van der Waals surface area contributed by atoms with Gasteiger partial charge in [0.25, 0.3) is 0 Å². The first-order valence-electron chi connectivity index (χ1n) is 11.5. The molecule has 0 aromatic heterocycles. The summed E-state index contributed by atoms with van der Waals surface area (Å²) in [6, 6.07) is 17.3. The number of benzene rings is 2. The van der Waals surface area contributed by atoms with Crippen LogP contribution in [-0.2, 0) is 12.8 Å². The summed E-state index contributed by atoms with van der Waals surface area (Å²) < 4.78 is 78.6. The Morgan fingerprint density at radius 3 is 1.94 bits per heavy atom. The van der Waals surface area contributed by atoms with Gasteiger partial charge in [-0.1, -0.05) is 54.6 Å². The summed E-state index contributed by atoms with van der Waals surface area (Å²) in [6.07, 6.45) is -7.54. The molecule has 0 bridgehead atoms. The minimum atomic E-state index is -4.86. The quantitative estimate of drug-likeness (QED) is 0.344. The van der Waals surface area contributed by atoms with E-state index in [1.54, 1.807) is 24.3 Å². The van der Waals surface area contributed by atoms with E-state index in [1.165, 1.54) is 5.56 Å². The lowest BCUT2D eigenvalue weighted by Gasteiger charge is -2.46. The summed E-state index contributed by atoms with van der Waals surface area (Å²) in [5.41, 5.74) is 2.62. The maximum absolute atomic E-state index is 13.3. The monoisotopic (exact) mass is 471 g/mol. The fourth-order valence-corrected chi connectivity index (χ4v) is 4.75. The maximum Gasteiger partial charge on any atom is 0.393 e. The van der Waals surface area contributed by atoms with Crippen LogP contribution in [0.15, 0.2) is 54.6 Å². The first-order chi connectivity index (χ1) is 15.5. The van der Waals surface area contributed by atoms with Crippen molar-refractivity contribution in [2.45, 2.75) is 63.8 Å². The number of hydrogen-bond donors (Lipinski definition) is 0. The van der Waals surface area contributed by atoms with E-state index in [-0.39, 0.29) is 0 Å². The zero-order chi connectivity index (χ0) is 24.2. The van der Waals surface area contributed by atoms with Crippen LogP contribution in [0.4, 0.5) is 26.3 Å². The summed E-state index contributed by atoms with van der Waals surface area (Å²) in [6.45, 7) is 6.16.